The number of carboxylic acids is 1. The summed E-state index contributed by atoms with van der Waals surface area (Å²) < 4.78 is 33.9. The minimum absolute atomic E-state index is 0.0932. The van der Waals surface area contributed by atoms with E-state index in [1.54, 1.807) is 11.8 Å². The van der Waals surface area contributed by atoms with Crippen LogP contribution >= 0.6 is 34.4 Å². The number of aliphatic carboxylic acids is 1. The third-order valence-electron chi connectivity index (χ3n) is 2.76. The highest BCUT2D eigenvalue weighted by Gasteiger charge is 2.38. The number of hydrogen-bond acceptors (Lipinski definition) is 6. The van der Waals surface area contributed by atoms with E-state index in [4.69, 9.17) is 9.90 Å². The molecule has 2 heterocycles. The van der Waals surface area contributed by atoms with Crippen molar-refractivity contribution in [3.05, 3.63) is 41.3 Å². The van der Waals surface area contributed by atoms with Gasteiger partial charge in [0.05, 0.1) is 19.3 Å². The van der Waals surface area contributed by atoms with Gasteiger partial charge in [-0.15, -0.1) is 23.1 Å². The predicted octanol–water partition coefficient (Wildman–Crippen LogP) is 4.97. The molecule has 0 aliphatic rings. The van der Waals surface area contributed by atoms with E-state index in [0.717, 1.165) is 14.4 Å². The van der Waals surface area contributed by atoms with Crippen LogP contribution in [0.1, 0.15) is 9.67 Å². The van der Waals surface area contributed by atoms with E-state index >= 15 is 0 Å². The normalized spacial score (nSPS) is 10.9. The van der Waals surface area contributed by atoms with Crippen LogP contribution in [0.2, 0.25) is 0 Å². The fraction of sp³-hybridized carbons (Fsp3) is 0.133. The zero-order valence-electron chi connectivity index (χ0n) is 13.0. The van der Waals surface area contributed by atoms with Crippen molar-refractivity contribution in [2.24, 2.45) is 0 Å². The third kappa shape index (κ3) is 5.44. The molecule has 0 bridgehead atoms. The summed E-state index contributed by atoms with van der Waals surface area (Å²) >= 11 is 4.63. The molecule has 138 valence electrons. The number of rotatable bonds is 3. The fourth-order valence-corrected chi connectivity index (χ4v) is 3.94. The summed E-state index contributed by atoms with van der Waals surface area (Å²) in [6.07, 6.45) is -3.08. The number of nitrogens with zero attached hydrogens (tertiary/aromatic N) is 1. The Kier molecular flexibility index (Phi) is 6.62. The van der Waals surface area contributed by atoms with Gasteiger partial charge in [0, 0.05) is 0 Å². The Balaban J connectivity index is 0.000000298. The fourth-order valence-electron chi connectivity index (χ4n) is 1.64. The van der Waals surface area contributed by atoms with Gasteiger partial charge in [-0.05, 0) is 30.5 Å². The smallest absolute Gasteiger partial charge is 0.475 e. The Labute approximate surface area is 157 Å². The van der Waals surface area contributed by atoms with Crippen LogP contribution in [0.25, 0.3) is 10.2 Å². The Bertz CT molecular complexity index is 888. The maximum Gasteiger partial charge on any atom is 0.490 e. The van der Waals surface area contributed by atoms with Crippen LogP contribution in [0.15, 0.2) is 40.6 Å². The first kappa shape index (κ1) is 20.2. The number of carbonyl (C=O) groups is 2. The summed E-state index contributed by atoms with van der Waals surface area (Å²) in [5.41, 5.74) is 0.916. The lowest BCUT2D eigenvalue weighted by atomic mass is 10.3. The van der Waals surface area contributed by atoms with Crippen molar-refractivity contribution in [1.29, 1.82) is 0 Å². The zero-order valence-corrected chi connectivity index (χ0v) is 15.5. The average Bonchev–Trinajstić information content (AvgIpc) is 3.20. The number of para-hydroxylation sites is 1. The van der Waals surface area contributed by atoms with Crippen LogP contribution in [-0.4, -0.2) is 34.4 Å². The van der Waals surface area contributed by atoms with Gasteiger partial charge in [-0.3, -0.25) is 10.1 Å². The van der Waals surface area contributed by atoms with Gasteiger partial charge in [-0.2, -0.15) is 13.2 Å². The number of aromatic nitrogens is 1. The lowest BCUT2D eigenvalue weighted by molar-refractivity contribution is -0.192. The number of halogens is 3. The molecular weight excluding hydrogens is 409 g/mol. The van der Waals surface area contributed by atoms with Crippen molar-refractivity contribution in [3.8, 4) is 0 Å². The van der Waals surface area contributed by atoms with E-state index < -0.39 is 12.1 Å². The number of carboxylic acid groups (broad SMARTS) is 1. The molecule has 11 heteroatoms. The van der Waals surface area contributed by atoms with Crippen LogP contribution in [0.3, 0.4) is 0 Å². The molecule has 26 heavy (non-hydrogen) atoms. The number of benzene rings is 1. The highest BCUT2D eigenvalue weighted by atomic mass is 32.2. The molecule has 5 nitrogen and oxygen atoms in total. The van der Waals surface area contributed by atoms with Crippen molar-refractivity contribution >= 4 is 61.7 Å². The highest BCUT2D eigenvalue weighted by Crippen LogP contribution is 2.28. The lowest BCUT2D eigenvalue weighted by Crippen LogP contribution is -2.21. The van der Waals surface area contributed by atoms with E-state index in [1.165, 1.54) is 22.7 Å². The first-order chi connectivity index (χ1) is 12.2. The molecular formula is C15H11F3N2O3S3. The van der Waals surface area contributed by atoms with Gasteiger partial charge in [0.15, 0.2) is 5.13 Å². The van der Waals surface area contributed by atoms with Crippen molar-refractivity contribution in [1.82, 2.24) is 4.98 Å². The largest absolute Gasteiger partial charge is 0.490 e. The molecule has 0 aliphatic carbocycles. The summed E-state index contributed by atoms with van der Waals surface area (Å²) in [4.78, 5) is 26.1. The molecule has 0 saturated carbocycles. The Morgan fingerprint density at radius 2 is 1.81 bits per heavy atom. The van der Waals surface area contributed by atoms with Gasteiger partial charge < -0.3 is 5.11 Å². The van der Waals surface area contributed by atoms with Crippen LogP contribution < -0.4 is 5.32 Å². The predicted molar refractivity (Wildman–Crippen MR) is 97.4 cm³/mol. The summed E-state index contributed by atoms with van der Waals surface area (Å²) in [5.74, 6) is -2.85. The van der Waals surface area contributed by atoms with Gasteiger partial charge in [0.2, 0.25) is 0 Å². The monoisotopic (exact) mass is 420 g/mol. The maximum absolute atomic E-state index is 12.1. The number of thiophene rings is 1. The molecule has 0 saturated heterocycles. The number of carbonyl (C=O) groups excluding carboxylic acids is 1. The average molecular weight is 420 g/mol. The standard InChI is InChI=1S/C13H10N2OS3.C2HF3O2/c1-17-11-7-6-10(18-11)12(16)15-13-14-8-4-2-3-5-9(8)19-13;3-2(4,5)1(6)7/h2-7H,1H3,(H,14,15,16);(H,6,7). The van der Waals surface area contributed by atoms with Crippen LogP contribution in [0.5, 0.6) is 0 Å². The Hall–Kier alpha value is -2.11. The van der Waals surface area contributed by atoms with E-state index in [-0.39, 0.29) is 5.91 Å². The molecule has 3 rings (SSSR count). The number of hydrogen-bond donors (Lipinski definition) is 2. The van der Waals surface area contributed by atoms with E-state index in [9.17, 15) is 18.0 Å². The highest BCUT2D eigenvalue weighted by molar-refractivity contribution is 8.00. The third-order valence-corrected chi connectivity index (χ3v) is 5.88. The first-order valence-electron chi connectivity index (χ1n) is 6.81. The van der Waals surface area contributed by atoms with Crippen molar-refractivity contribution < 1.29 is 27.9 Å². The lowest BCUT2D eigenvalue weighted by Gasteiger charge is -1.97. The topological polar surface area (TPSA) is 79.3 Å². The molecule has 0 aliphatic heterocycles. The summed E-state index contributed by atoms with van der Waals surface area (Å²) in [5, 5.41) is 10.6. The SMILES string of the molecule is CSc1ccc(C(=O)Nc2nc3ccccc3s2)s1.O=C(O)C(F)(F)F. The van der Waals surface area contributed by atoms with E-state index in [2.05, 4.69) is 10.3 Å². The second-order valence-corrected chi connectivity index (χ2v) is 7.79. The second-order valence-electron chi connectivity index (χ2n) is 4.57. The molecule has 0 unspecified atom stereocenters. The molecule has 0 atom stereocenters. The molecule has 3 aromatic rings. The van der Waals surface area contributed by atoms with Crippen LogP contribution in [0.4, 0.5) is 18.3 Å². The number of thioether (sulfide) groups is 1. The second kappa shape index (κ2) is 8.52. The molecule has 2 aromatic heterocycles. The zero-order chi connectivity index (χ0) is 19.3. The van der Waals surface area contributed by atoms with Crippen LogP contribution in [0, 0.1) is 0 Å². The number of fused-ring (bicyclic) bond motifs is 1. The molecule has 1 amide bonds. The van der Waals surface area contributed by atoms with Gasteiger partial charge in [0.1, 0.15) is 0 Å². The van der Waals surface area contributed by atoms with Gasteiger partial charge in [0.25, 0.3) is 5.91 Å². The minimum atomic E-state index is -5.08. The Morgan fingerprint density at radius 1 is 1.15 bits per heavy atom. The minimum Gasteiger partial charge on any atom is -0.475 e. The molecule has 0 fully saturated rings. The van der Waals surface area contributed by atoms with Crippen LogP contribution in [-0.2, 0) is 4.79 Å². The van der Waals surface area contributed by atoms with E-state index in [0.29, 0.717) is 10.0 Å². The summed E-state index contributed by atoms with van der Waals surface area (Å²) in [7, 11) is 0. The summed E-state index contributed by atoms with van der Waals surface area (Å²) in [6, 6.07) is 11.7. The van der Waals surface area contributed by atoms with Gasteiger partial charge in [-0.25, -0.2) is 9.78 Å². The first-order valence-corrected chi connectivity index (χ1v) is 9.67. The Morgan fingerprint density at radius 3 is 2.35 bits per heavy atom. The van der Waals surface area contributed by atoms with E-state index in [1.807, 2.05) is 42.7 Å². The van der Waals surface area contributed by atoms with Crippen molar-refractivity contribution in [2.45, 2.75) is 10.4 Å². The number of anilines is 1. The number of alkyl halides is 3. The molecule has 0 spiro atoms. The van der Waals surface area contributed by atoms with Gasteiger partial charge >= 0.3 is 12.1 Å². The molecule has 0 radical (unpaired) electrons. The number of nitrogens with one attached hydrogen (secondary N) is 1. The van der Waals surface area contributed by atoms with Gasteiger partial charge in [-0.1, -0.05) is 23.5 Å². The maximum atomic E-state index is 12.1. The number of amides is 1. The summed E-state index contributed by atoms with van der Waals surface area (Å²) in [6.45, 7) is 0. The quantitative estimate of drug-likeness (QED) is 0.585. The molecule has 1 aromatic carbocycles. The number of thiazole rings is 1. The van der Waals surface area contributed by atoms with Crippen molar-refractivity contribution in [3.63, 3.8) is 0 Å². The van der Waals surface area contributed by atoms with Crippen molar-refractivity contribution in [2.75, 3.05) is 11.6 Å². The molecule has 2 N–H and O–H groups in total.